The van der Waals surface area contributed by atoms with Crippen molar-refractivity contribution in [1.29, 1.82) is 0 Å². The summed E-state index contributed by atoms with van der Waals surface area (Å²) in [6.45, 7) is 1.71. The highest BCUT2D eigenvalue weighted by Crippen LogP contribution is 2.17. The van der Waals surface area contributed by atoms with Gasteiger partial charge < -0.3 is 5.11 Å². The molecule has 88 valence electrons. The second-order valence-electron chi connectivity index (χ2n) is 3.77. The van der Waals surface area contributed by atoms with Crippen molar-refractivity contribution in [1.82, 2.24) is 0 Å². The van der Waals surface area contributed by atoms with Gasteiger partial charge in [0.15, 0.2) is 9.84 Å². The van der Waals surface area contributed by atoms with E-state index in [0.717, 1.165) is 11.8 Å². The zero-order chi connectivity index (χ0) is 12.3. The van der Waals surface area contributed by atoms with Gasteiger partial charge in [-0.1, -0.05) is 12.1 Å². The molecule has 4 nitrogen and oxygen atoms in total. The molecule has 0 radical (unpaired) electrons. The number of benzene rings is 1. The van der Waals surface area contributed by atoms with Gasteiger partial charge in [-0.3, -0.25) is 4.79 Å². The largest absolute Gasteiger partial charge is 0.481 e. The maximum Gasteiger partial charge on any atom is 0.303 e. The summed E-state index contributed by atoms with van der Waals surface area (Å²) in [6.07, 6.45) is 1.63. The Balaban J connectivity index is 2.96. The minimum Gasteiger partial charge on any atom is -0.481 e. The summed E-state index contributed by atoms with van der Waals surface area (Å²) in [5.74, 6) is -0.857. The lowest BCUT2D eigenvalue weighted by molar-refractivity contribution is -0.136. The van der Waals surface area contributed by atoms with E-state index in [1.165, 1.54) is 6.07 Å². The van der Waals surface area contributed by atoms with Crippen LogP contribution in [0, 0.1) is 6.92 Å². The second-order valence-corrected chi connectivity index (χ2v) is 5.75. The molecule has 0 unspecified atom stereocenters. The monoisotopic (exact) mass is 242 g/mol. The van der Waals surface area contributed by atoms with Crippen molar-refractivity contribution in [2.75, 3.05) is 6.26 Å². The van der Waals surface area contributed by atoms with E-state index < -0.39 is 15.8 Å². The Morgan fingerprint density at radius 3 is 2.44 bits per heavy atom. The lowest BCUT2D eigenvalue weighted by atomic mass is 10.1. The molecule has 0 saturated heterocycles. The molecule has 1 aromatic rings. The molecule has 0 bridgehead atoms. The molecule has 1 aromatic carbocycles. The first-order valence-electron chi connectivity index (χ1n) is 4.82. The van der Waals surface area contributed by atoms with E-state index in [9.17, 15) is 13.2 Å². The number of carbonyl (C=O) groups is 1. The standard InChI is InChI=1S/C11H14O4S/c1-8-7-9(4-6-11(12)13)3-5-10(8)16(2,14)15/h3,5,7H,4,6H2,1-2H3,(H,12,13). The predicted molar refractivity (Wildman–Crippen MR) is 60.2 cm³/mol. The number of hydrogen-bond acceptors (Lipinski definition) is 3. The van der Waals surface area contributed by atoms with Gasteiger partial charge in [0.2, 0.25) is 0 Å². The first-order chi connectivity index (χ1) is 7.30. The molecule has 0 amide bonds. The molecular weight excluding hydrogens is 228 g/mol. The average molecular weight is 242 g/mol. The van der Waals surface area contributed by atoms with Gasteiger partial charge in [-0.2, -0.15) is 0 Å². The minimum atomic E-state index is -3.20. The summed E-state index contributed by atoms with van der Waals surface area (Å²) in [7, 11) is -3.20. The highest BCUT2D eigenvalue weighted by Gasteiger charge is 2.10. The van der Waals surface area contributed by atoms with Crippen LogP contribution in [0.1, 0.15) is 17.5 Å². The molecule has 16 heavy (non-hydrogen) atoms. The molecule has 0 heterocycles. The average Bonchev–Trinajstić information content (AvgIpc) is 2.12. The van der Waals surface area contributed by atoms with Crippen LogP contribution in [0.25, 0.3) is 0 Å². The number of carboxylic acids is 1. The molecule has 0 fully saturated rings. The number of carboxylic acid groups (broad SMARTS) is 1. The molecule has 1 rings (SSSR count). The summed E-state index contributed by atoms with van der Waals surface area (Å²) in [6, 6.07) is 4.91. The van der Waals surface area contributed by atoms with Crippen LogP contribution in [0.3, 0.4) is 0 Å². The van der Waals surface area contributed by atoms with E-state index in [0.29, 0.717) is 16.9 Å². The van der Waals surface area contributed by atoms with Crippen LogP contribution in [-0.4, -0.2) is 25.7 Å². The van der Waals surface area contributed by atoms with Gasteiger partial charge >= 0.3 is 5.97 Å². The molecule has 0 aliphatic heterocycles. The van der Waals surface area contributed by atoms with Crippen LogP contribution >= 0.6 is 0 Å². The van der Waals surface area contributed by atoms with Gasteiger partial charge in [-0.05, 0) is 30.5 Å². The normalized spacial score (nSPS) is 11.4. The molecule has 5 heteroatoms. The van der Waals surface area contributed by atoms with Crippen LogP contribution in [0.15, 0.2) is 23.1 Å². The van der Waals surface area contributed by atoms with Crippen molar-refractivity contribution in [3.63, 3.8) is 0 Å². The van der Waals surface area contributed by atoms with Gasteiger partial charge in [0.1, 0.15) is 0 Å². The third kappa shape index (κ3) is 3.34. The lowest BCUT2D eigenvalue weighted by Crippen LogP contribution is -2.02. The first-order valence-corrected chi connectivity index (χ1v) is 6.71. The first kappa shape index (κ1) is 12.7. The van der Waals surface area contributed by atoms with Crippen LogP contribution in [0.2, 0.25) is 0 Å². The van der Waals surface area contributed by atoms with E-state index >= 15 is 0 Å². The summed E-state index contributed by atoms with van der Waals surface area (Å²) >= 11 is 0. The van der Waals surface area contributed by atoms with E-state index in [1.807, 2.05) is 0 Å². The molecule has 0 spiro atoms. The van der Waals surface area contributed by atoms with Gasteiger partial charge in [0, 0.05) is 12.7 Å². The smallest absolute Gasteiger partial charge is 0.303 e. The molecule has 0 atom stereocenters. The van der Waals surface area contributed by atoms with Crippen molar-refractivity contribution in [3.05, 3.63) is 29.3 Å². The van der Waals surface area contributed by atoms with Crippen molar-refractivity contribution in [2.24, 2.45) is 0 Å². The number of aliphatic carboxylic acids is 1. The van der Waals surface area contributed by atoms with Gasteiger partial charge in [0.05, 0.1) is 4.90 Å². The molecule has 1 N–H and O–H groups in total. The maximum atomic E-state index is 11.3. The molecule has 0 aliphatic carbocycles. The van der Waals surface area contributed by atoms with Gasteiger partial charge in [-0.25, -0.2) is 8.42 Å². The zero-order valence-electron chi connectivity index (χ0n) is 9.23. The summed E-state index contributed by atoms with van der Waals surface area (Å²) in [5, 5.41) is 8.53. The molecular formula is C11H14O4S. The van der Waals surface area contributed by atoms with E-state index in [1.54, 1.807) is 19.1 Å². The zero-order valence-corrected chi connectivity index (χ0v) is 10.0. The van der Waals surface area contributed by atoms with Crippen molar-refractivity contribution >= 4 is 15.8 Å². The van der Waals surface area contributed by atoms with Crippen LogP contribution < -0.4 is 0 Å². The van der Waals surface area contributed by atoms with Gasteiger partial charge in [-0.15, -0.1) is 0 Å². The Kier molecular flexibility index (Phi) is 3.70. The fraction of sp³-hybridized carbons (Fsp3) is 0.364. The summed E-state index contributed by atoms with van der Waals surface area (Å²) in [4.78, 5) is 10.7. The summed E-state index contributed by atoms with van der Waals surface area (Å²) in [5.41, 5.74) is 1.50. The van der Waals surface area contributed by atoms with Crippen LogP contribution in [0.4, 0.5) is 0 Å². The lowest BCUT2D eigenvalue weighted by Gasteiger charge is -2.06. The number of aryl methyl sites for hydroxylation is 2. The number of hydrogen-bond donors (Lipinski definition) is 1. The SMILES string of the molecule is Cc1cc(CCC(=O)O)ccc1S(C)(=O)=O. The second kappa shape index (κ2) is 4.65. The van der Waals surface area contributed by atoms with Crippen molar-refractivity contribution in [2.45, 2.75) is 24.7 Å². The highest BCUT2D eigenvalue weighted by molar-refractivity contribution is 7.90. The van der Waals surface area contributed by atoms with E-state index in [4.69, 9.17) is 5.11 Å². The molecule has 0 aliphatic rings. The van der Waals surface area contributed by atoms with E-state index in [2.05, 4.69) is 0 Å². The Morgan fingerprint density at radius 1 is 1.38 bits per heavy atom. The Morgan fingerprint density at radius 2 is 2.00 bits per heavy atom. The van der Waals surface area contributed by atoms with Crippen molar-refractivity contribution in [3.8, 4) is 0 Å². The number of sulfone groups is 1. The van der Waals surface area contributed by atoms with Crippen LogP contribution in [0.5, 0.6) is 0 Å². The molecule has 0 saturated carbocycles. The predicted octanol–water partition coefficient (Wildman–Crippen LogP) is 1.42. The fourth-order valence-corrected chi connectivity index (χ4v) is 2.49. The van der Waals surface area contributed by atoms with Gasteiger partial charge in [0.25, 0.3) is 0 Å². The van der Waals surface area contributed by atoms with E-state index in [-0.39, 0.29) is 6.42 Å². The fourth-order valence-electron chi connectivity index (χ4n) is 1.53. The Bertz CT molecular complexity index is 503. The Labute approximate surface area is 94.8 Å². The summed E-state index contributed by atoms with van der Waals surface area (Å²) < 4.78 is 22.7. The minimum absolute atomic E-state index is 0.0532. The maximum absolute atomic E-state index is 11.3. The topological polar surface area (TPSA) is 71.4 Å². The highest BCUT2D eigenvalue weighted by atomic mass is 32.2. The number of rotatable bonds is 4. The molecule has 0 aromatic heterocycles. The third-order valence-electron chi connectivity index (χ3n) is 2.27. The third-order valence-corrected chi connectivity index (χ3v) is 3.52. The van der Waals surface area contributed by atoms with Crippen LogP contribution in [-0.2, 0) is 21.1 Å². The Hall–Kier alpha value is -1.36. The van der Waals surface area contributed by atoms with Crippen molar-refractivity contribution < 1.29 is 18.3 Å². The quantitative estimate of drug-likeness (QED) is 0.866.